The van der Waals surface area contributed by atoms with Gasteiger partial charge >= 0.3 is 0 Å². The van der Waals surface area contributed by atoms with Crippen molar-refractivity contribution in [1.29, 1.82) is 0 Å². The van der Waals surface area contributed by atoms with Crippen LogP contribution in [0.2, 0.25) is 5.02 Å². The smallest absolute Gasteiger partial charge is 0.238 e. The van der Waals surface area contributed by atoms with Crippen molar-refractivity contribution in [1.82, 2.24) is 9.88 Å². The first-order valence-corrected chi connectivity index (χ1v) is 11.4. The number of pyridine rings is 1. The lowest BCUT2D eigenvalue weighted by atomic mass is 9.76. The minimum absolute atomic E-state index is 0.0918. The number of anilines is 2. The van der Waals surface area contributed by atoms with Gasteiger partial charge in [-0.05, 0) is 68.1 Å². The Hall–Kier alpha value is -2.48. The Morgan fingerprint density at radius 2 is 2.03 bits per heavy atom. The van der Waals surface area contributed by atoms with Crippen LogP contribution in [-0.2, 0) is 20.7 Å². The van der Waals surface area contributed by atoms with Crippen molar-refractivity contribution in [2.24, 2.45) is 5.41 Å². The lowest BCUT2D eigenvalue weighted by Crippen LogP contribution is -2.43. The van der Waals surface area contributed by atoms with E-state index in [1.165, 1.54) is 6.92 Å². The van der Waals surface area contributed by atoms with Crippen LogP contribution in [0, 0.1) is 5.41 Å². The van der Waals surface area contributed by atoms with Gasteiger partial charge in [0.25, 0.3) is 0 Å². The maximum atomic E-state index is 12.6. The van der Waals surface area contributed by atoms with Gasteiger partial charge in [-0.3, -0.25) is 19.5 Å². The zero-order chi connectivity index (χ0) is 22.6. The number of amides is 2. The average molecular weight is 457 g/mol. The lowest BCUT2D eigenvalue weighted by molar-refractivity contribution is -0.118. The number of nitrogens with one attached hydrogen (secondary N) is 2. The molecule has 2 N–H and O–H groups in total. The SMILES string of the molecule is CC(=O)Nc1ccc(NC(=O)CN2CCC3(CC2)COC(Cc2ccccn2)C3)c(Cl)c1. The molecule has 2 aliphatic rings. The van der Waals surface area contributed by atoms with E-state index in [1.54, 1.807) is 18.2 Å². The number of piperidine rings is 1. The highest BCUT2D eigenvalue weighted by atomic mass is 35.5. The van der Waals surface area contributed by atoms with Crippen LogP contribution in [0.5, 0.6) is 0 Å². The number of halogens is 1. The first-order valence-electron chi connectivity index (χ1n) is 11.0. The highest BCUT2D eigenvalue weighted by Crippen LogP contribution is 2.42. The van der Waals surface area contributed by atoms with Gasteiger partial charge in [-0.25, -0.2) is 0 Å². The zero-order valence-electron chi connectivity index (χ0n) is 18.3. The van der Waals surface area contributed by atoms with Crippen LogP contribution >= 0.6 is 11.6 Å². The van der Waals surface area contributed by atoms with Gasteiger partial charge in [0.2, 0.25) is 11.8 Å². The number of nitrogens with zero attached hydrogens (tertiary/aromatic N) is 2. The number of rotatable bonds is 6. The molecule has 0 bridgehead atoms. The van der Waals surface area contributed by atoms with E-state index in [-0.39, 0.29) is 23.3 Å². The van der Waals surface area contributed by atoms with Gasteiger partial charge in [-0.1, -0.05) is 17.7 Å². The van der Waals surface area contributed by atoms with Crippen molar-refractivity contribution >= 4 is 34.8 Å². The lowest BCUT2D eigenvalue weighted by Gasteiger charge is -2.38. The Bertz CT molecular complexity index is 961. The second-order valence-electron chi connectivity index (χ2n) is 8.86. The van der Waals surface area contributed by atoms with Gasteiger partial charge in [0, 0.05) is 30.9 Å². The maximum absolute atomic E-state index is 12.6. The van der Waals surface area contributed by atoms with Gasteiger partial charge in [0.05, 0.1) is 30.0 Å². The normalized spacial score (nSPS) is 20.2. The molecule has 7 nitrogen and oxygen atoms in total. The summed E-state index contributed by atoms with van der Waals surface area (Å²) in [7, 11) is 0. The van der Waals surface area contributed by atoms with Crippen LogP contribution < -0.4 is 10.6 Å². The first kappa shape index (κ1) is 22.7. The molecule has 8 heteroatoms. The average Bonchev–Trinajstić information content (AvgIpc) is 3.14. The van der Waals surface area contributed by atoms with E-state index >= 15 is 0 Å². The summed E-state index contributed by atoms with van der Waals surface area (Å²) in [6, 6.07) is 11.0. The molecule has 170 valence electrons. The standard InChI is InChI=1S/C24H29ClN4O3/c1-17(30)27-19-5-6-22(21(25)13-19)28-23(31)15-29-10-7-24(8-11-29)14-20(32-16-24)12-18-4-2-3-9-26-18/h2-6,9,13,20H,7-8,10-12,14-16H2,1H3,(H,27,30)(H,28,31). The Morgan fingerprint density at radius 1 is 1.22 bits per heavy atom. The number of benzene rings is 1. The highest BCUT2D eigenvalue weighted by Gasteiger charge is 2.42. The van der Waals surface area contributed by atoms with E-state index in [2.05, 4.69) is 26.6 Å². The van der Waals surface area contributed by atoms with Gasteiger partial charge in [0.15, 0.2) is 0 Å². The van der Waals surface area contributed by atoms with Crippen LogP contribution in [0.1, 0.15) is 31.9 Å². The van der Waals surface area contributed by atoms with E-state index in [4.69, 9.17) is 16.3 Å². The Labute approximate surface area is 193 Å². The van der Waals surface area contributed by atoms with E-state index in [0.717, 1.165) is 51.1 Å². The van der Waals surface area contributed by atoms with E-state index < -0.39 is 0 Å². The number of hydrogen-bond acceptors (Lipinski definition) is 5. The largest absolute Gasteiger partial charge is 0.377 e. The molecule has 2 aliphatic heterocycles. The van der Waals surface area contributed by atoms with Crippen LogP contribution in [0.3, 0.4) is 0 Å². The fourth-order valence-corrected chi connectivity index (χ4v) is 4.83. The second-order valence-corrected chi connectivity index (χ2v) is 9.27. The third-order valence-corrected chi connectivity index (χ3v) is 6.61. The number of likely N-dealkylation sites (tertiary alicyclic amines) is 1. The molecular formula is C24H29ClN4O3. The fourth-order valence-electron chi connectivity index (χ4n) is 4.60. The van der Waals surface area contributed by atoms with E-state index in [1.807, 2.05) is 18.3 Å². The molecule has 1 spiro atoms. The van der Waals surface area contributed by atoms with Crippen molar-refractivity contribution in [3.8, 4) is 0 Å². The van der Waals surface area contributed by atoms with Crippen LogP contribution in [-0.4, -0.2) is 54.0 Å². The number of aromatic nitrogens is 1. The van der Waals surface area contributed by atoms with E-state index in [9.17, 15) is 9.59 Å². The maximum Gasteiger partial charge on any atom is 0.238 e. The van der Waals surface area contributed by atoms with Gasteiger partial charge < -0.3 is 15.4 Å². The Morgan fingerprint density at radius 3 is 2.72 bits per heavy atom. The summed E-state index contributed by atoms with van der Waals surface area (Å²) in [5.41, 5.74) is 2.44. The summed E-state index contributed by atoms with van der Waals surface area (Å²) in [5.74, 6) is -0.262. The van der Waals surface area contributed by atoms with Gasteiger partial charge in [-0.15, -0.1) is 0 Å². The fraction of sp³-hybridized carbons (Fsp3) is 0.458. The third kappa shape index (κ3) is 5.85. The molecule has 1 aromatic heterocycles. The Balaban J connectivity index is 1.24. The predicted molar refractivity (Wildman–Crippen MR) is 125 cm³/mol. The molecule has 3 heterocycles. The topological polar surface area (TPSA) is 83.6 Å². The molecule has 1 unspecified atom stereocenters. The monoisotopic (exact) mass is 456 g/mol. The molecule has 2 aromatic rings. The van der Waals surface area contributed by atoms with Crippen molar-refractivity contribution in [3.63, 3.8) is 0 Å². The molecule has 0 radical (unpaired) electrons. The predicted octanol–water partition coefficient (Wildman–Crippen LogP) is 3.75. The molecule has 1 aromatic carbocycles. The first-order chi connectivity index (χ1) is 15.4. The van der Waals surface area contributed by atoms with Crippen molar-refractivity contribution in [2.75, 3.05) is 36.9 Å². The van der Waals surface area contributed by atoms with E-state index in [0.29, 0.717) is 22.9 Å². The second kappa shape index (κ2) is 9.98. The molecule has 0 aliphatic carbocycles. The summed E-state index contributed by atoms with van der Waals surface area (Å²) in [6.07, 6.45) is 6.03. The summed E-state index contributed by atoms with van der Waals surface area (Å²) in [5, 5.41) is 5.94. The molecular weight excluding hydrogens is 428 g/mol. The molecule has 0 saturated carbocycles. The minimum Gasteiger partial charge on any atom is -0.377 e. The number of ether oxygens (including phenoxy) is 1. The highest BCUT2D eigenvalue weighted by molar-refractivity contribution is 6.34. The van der Waals surface area contributed by atoms with Gasteiger partial charge in [-0.2, -0.15) is 0 Å². The quantitative estimate of drug-likeness (QED) is 0.691. The molecule has 2 saturated heterocycles. The summed E-state index contributed by atoms with van der Waals surface area (Å²) < 4.78 is 6.11. The molecule has 2 fully saturated rings. The van der Waals surface area contributed by atoms with Crippen LogP contribution in [0.15, 0.2) is 42.6 Å². The van der Waals surface area contributed by atoms with Crippen molar-refractivity contribution < 1.29 is 14.3 Å². The molecule has 4 rings (SSSR count). The number of carbonyl (C=O) groups excluding carboxylic acids is 2. The van der Waals surface area contributed by atoms with Crippen LogP contribution in [0.4, 0.5) is 11.4 Å². The van der Waals surface area contributed by atoms with Crippen LogP contribution in [0.25, 0.3) is 0 Å². The van der Waals surface area contributed by atoms with Gasteiger partial charge in [0.1, 0.15) is 0 Å². The zero-order valence-corrected chi connectivity index (χ0v) is 19.0. The number of hydrogen-bond donors (Lipinski definition) is 2. The molecule has 32 heavy (non-hydrogen) atoms. The molecule has 2 amide bonds. The molecule has 1 atom stereocenters. The summed E-state index contributed by atoms with van der Waals surface area (Å²) in [4.78, 5) is 30.3. The summed E-state index contributed by atoms with van der Waals surface area (Å²) in [6.45, 7) is 4.31. The van der Waals surface area contributed by atoms with Crippen molar-refractivity contribution in [3.05, 3.63) is 53.3 Å². The summed E-state index contributed by atoms with van der Waals surface area (Å²) >= 11 is 6.26. The number of carbonyl (C=O) groups is 2. The van der Waals surface area contributed by atoms with Crippen molar-refractivity contribution in [2.45, 2.75) is 38.7 Å². The Kier molecular flexibility index (Phi) is 7.08. The minimum atomic E-state index is -0.170. The third-order valence-electron chi connectivity index (χ3n) is 6.30.